The van der Waals surface area contributed by atoms with Crippen LogP contribution in [0.15, 0.2) is 5.38 Å². The summed E-state index contributed by atoms with van der Waals surface area (Å²) in [5, 5.41) is 18.2. The number of nitrogens with one attached hydrogen (secondary N) is 2. The molecule has 1 aromatic rings. The molecule has 5 nitrogen and oxygen atoms in total. The maximum absolute atomic E-state index is 11.8. The Balaban J connectivity index is 2.55. The van der Waals surface area contributed by atoms with E-state index < -0.39 is 5.60 Å². The summed E-state index contributed by atoms with van der Waals surface area (Å²) in [5.41, 5.74) is -0.518. The Hall–Kier alpha value is -1.14. The van der Waals surface area contributed by atoms with Crippen LogP contribution in [-0.4, -0.2) is 35.2 Å². The lowest BCUT2D eigenvalue weighted by atomic mass is 9.88. The second kappa shape index (κ2) is 6.15. The number of rotatable bonds is 6. The van der Waals surface area contributed by atoms with Crippen molar-refractivity contribution in [2.45, 2.75) is 32.8 Å². The molecular weight excluding hydrogens is 250 g/mol. The highest BCUT2D eigenvalue weighted by Crippen LogP contribution is 2.19. The lowest BCUT2D eigenvalue weighted by Crippen LogP contribution is -2.45. The highest BCUT2D eigenvalue weighted by Gasteiger charge is 2.27. The van der Waals surface area contributed by atoms with Gasteiger partial charge in [-0.25, -0.2) is 4.98 Å². The molecular formula is C12H21N3O2S. The highest BCUT2D eigenvalue weighted by atomic mass is 32.1. The number of carbonyl (C=O) groups is 1. The van der Waals surface area contributed by atoms with Crippen molar-refractivity contribution in [2.75, 3.05) is 18.9 Å². The predicted molar refractivity (Wildman–Crippen MR) is 74.1 cm³/mol. The van der Waals surface area contributed by atoms with Crippen molar-refractivity contribution in [2.24, 2.45) is 5.92 Å². The van der Waals surface area contributed by atoms with Crippen molar-refractivity contribution in [3.05, 3.63) is 11.1 Å². The van der Waals surface area contributed by atoms with Crippen LogP contribution < -0.4 is 10.6 Å². The molecule has 0 radical (unpaired) electrons. The van der Waals surface area contributed by atoms with E-state index in [0.717, 1.165) is 6.42 Å². The van der Waals surface area contributed by atoms with Crippen LogP contribution in [0.4, 0.5) is 5.13 Å². The molecule has 3 N–H and O–H groups in total. The maximum atomic E-state index is 11.8. The van der Waals surface area contributed by atoms with Crippen molar-refractivity contribution < 1.29 is 9.90 Å². The molecule has 0 spiro atoms. The Kier molecular flexibility index (Phi) is 5.10. The third kappa shape index (κ3) is 3.68. The van der Waals surface area contributed by atoms with E-state index in [2.05, 4.69) is 15.6 Å². The number of aliphatic hydroxyl groups is 1. The molecule has 2 atom stereocenters. The monoisotopic (exact) mass is 271 g/mol. The zero-order valence-electron chi connectivity index (χ0n) is 11.3. The summed E-state index contributed by atoms with van der Waals surface area (Å²) in [6, 6.07) is 0. The SMILES string of the molecule is CCC(C)C(C)(O)CNC(=O)c1csc(NC)n1. The Morgan fingerprint density at radius 1 is 1.67 bits per heavy atom. The van der Waals surface area contributed by atoms with Gasteiger partial charge < -0.3 is 15.7 Å². The second-order valence-corrected chi connectivity index (χ2v) is 5.50. The minimum atomic E-state index is -0.897. The third-order valence-electron chi connectivity index (χ3n) is 3.23. The van der Waals surface area contributed by atoms with E-state index in [1.54, 1.807) is 19.4 Å². The molecule has 0 saturated carbocycles. The van der Waals surface area contributed by atoms with E-state index in [0.29, 0.717) is 10.8 Å². The zero-order valence-corrected chi connectivity index (χ0v) is 12.1. The van der Waals surface area contributed by atoms with E-state index in [-0.39, 0.29) is 18.4 Å². The quantitative estimate of drug-likeness (QED) is 0.736. The van der Waals surface area contributed by atoms with Crippen LogP contribution in [0.3, 0.4) is 0 Å². The van der Waals surface area contributed by atoms with E-state index in [9.17, 15) is 9.90 Å². The molecule has 0 bridgehead atoms. The number of hydrogen-bond acceptors (Lipinski definition) is 5. The molecule has 0 saturated heterocycles. The molecule has 0 aromatic carbocycles. The standard InChI is InChI=1S/C12H21N3O2S/c1-5-8(2)12(3,17)7-14-10(16)9-6-18-11(13-4)15-9/h6,8,17H,5,7H2,1-4H3,(H,13,15)(H,14,16). The average Bonchev–Trinajstić information content (AvgIpc) is 2.83. The summed E-state index contributed by atoms with van der Waals surface area (Å²) in [6.07, 6.45) is 0.865. The van der Waals surface area contributed by atoms with Gasteiger partial charge in [-0.05, 0) is 12.8 Å². The molecule has 18 heavy (non-hydrogen) atoms. The molecule has 0 fully saturated rings. The van der Waals surface area contributed by atoms with Crippen molar-refractivity contribution in [3.63, 3.8) is 0 Å². The van der Waals surface area contributed by atoms with E-state index in [4.69, 9.17) is 0 Å². The first-order valence-corrected chi connectivity index (χ1v) is 6.92. The zero-order chi connectivity index (χ0) is 13.8. The Bertz CT molecular complexity index is 404. The predicted octanol–water partition coefficient (Wildman–Crippen LogP) is 1.71. The highest BCUT2D eigenvalue weighted by molar-refractivity contribution is 7.13. The lowest BCUT2D eigenvalue weighted by Gasteiger charge is -2.29. The Labute approximate surface area is 112 Å². The summed E-state index contributed by atoms with van der Waals surface area (Å²) in [5.74, 6) is -0.127. The minimum Gasteiger partial charge on any atom is -0.388 e. The largest absolute Gasteiger partial charge is 0.388 e. The van der Waals surface area contributed by atoms with Crippen LogP contribution >= 0.6 is 11.3 Å². The molecule has 1 amide bonds. The lowest BCUT2D eigenvalue weighted by molar-refractivity contribution is 0.00589. The van der Waals surface area contributed by atoms with E-state index in [1.165, 1.54) is 11.3 Å². The summed E-state index contributed by atoms with van der Waals surface area (Å²) in [6.45, 7) is 5.95. The number of carbonyl (C=O) groups excluding carboxylic acids is 1. The first-order chi connectivity index (χ1) is 8.40. The fourth-order valence-corrected chi connectivity index (χ4v) is 2.11. The first kappa shape index (κ1) is 14.9. The number of nitrogens with zero attached hydrogens (tertiary/aromatic N) is 1. The molecule has 6 heteroatoms. The second-order valence-electron chi connectivity index (χ2n) is 4.64. The molecule has 1 aromatic heterocycles. The van der Waals surface area contributed by atoms with Gasteiger partial charge >= 0.3 is 0 Å². The minimum absolute atomic E-state index is 0.126. The first-order valence-electron chi connectivity index (χ1n) is 6.04. The van der Waals surface area contributed by atoms with Gasteiger partial charge in [0, 0.05) is 19.0 Å². The normalized spacial score (nSPS) is 15.8. The topological polar surface area (TPSA) is 74.2 Å². The van der Waals surface area contributed by atoms with Gasteiger partial charge in [0.05, 0.1) is 5.60 Å². The van der Waals surface area contributed by atoms with Gasteiger partial charge in [-0.15, -0.1) is 11.3 Å². The van der Waals surface area contributed by atoms with Crippen molar-refractivity contribution in [3.8, 4) is 0 Å². The fourth-order valence-electron chi connectivity index (χ4n) is 1.46. The smallest absolute Gasteiger partial charge is 0.270 e. The number of aromatic nitrogens is 1. The van der Waals surface area contributed by atoms with Gasteiger partial charge in [0.25, 0.3) is 5.91 Å². The summed E-state index contributed by atoms with van der Waals surface area (Å²) in [7, 11) is 1.76. The fraction of sp³-hybridized carbons (Fsp3) is 0.667. The number of amides is 1. The van der Waals surface area contributed by atoms with Gasteiger partial charge in [0.15, 0.2) is 5.13 Å². The maximum Gasteiger partial charge on any atom is 0.270 e. The average molecular weight is 271 g/mol. The van der Waals surface area contributed by atoms with Crippen LogP contribution in [0.2, 0.25) is 0 Å². The Morgan fingerprint density at radius 3 is 2.83 bits per heavy atom. The molecule has 1 heterocycles. The van der Waals surface area contributed by atoms with Crippen molar-refractivity contribution >= 4 is 22.4 Å². The third-order valence-corrected chi connectivity index (χ3v) is 4.09. The number of thiazole rings is 1. The molecule has 102 valence electrons. The summed E-state index contributed by atoms with van der Waals surface area (Å²) in [4.78, 5) is 15.9. The van der Waals surface area contributed by atoms with E-state index >= 15 is 0 Å². The molecule has 0 aliphatic rings. The summed E-state index contributed by atoms with van der Waals surface area (Å²) < 4.78 is 0. The van der Waals surface area contributed by atoms with Crippen LogP contribution in [0.25, 0.3) is 0 Å². The van der Waals surface area contributed by atoms with Gasteiger partial charge in [-0.1, -0.05) is 20.3 Å². The van der Waals surface area contributed by atoms with Gasteiger partial charge in [0.2, 0.25) is 0 Å². The van der Waals surface area contributed by atoms with Gasteiger partial charge in [-0.2, -0.15) is 0 Å². The molecule has 0 aliphatic heterocycles. The van der Waals surface area contributed by atoms with Crippen molar-refractivity contribution in [1.29, 1.82) is 0 Å². The molecule has 2 unspecified atom stereocenters. The van der Waals surface area contributed by atoms with Crippen molar-refractivity contribution in [1.82, 2.24) is 10.3 Å². The van der Waals surface area contributed by atoms with Crippen LogP contribution in [0.1, 0.15) is 37.7 Å². The van der Waals surface area contributed by atoms with Gasteiger partial charge in [0.1, 0.15) is 5.69 Å². The molecule has 0 aliphatic carbocycles. The molecule has 1 rings (SSSR count). The van der Waals surface area contributed by atoms with Crippen LogP contribution in [0.5, 0.6) is 0 Å². The number of anilines is 1. The van der Waals surface area contributed by atoms with Gasteiger partial charge in [-0.3, -0.25) is 4.79 Å². The van der Waals surface area contributed by atoms with Crippen LogP contribution in [-0.2, 0) is 0 Å². The Morgan fingerprint density at radius 2 is 2.33 bits per heavy atom. The van der Waals surface area contributed by atoms with E-state index in [1.807, 2.05) is 13.8 Å². The number of hydrogen-bond donors (Lipinski definition) is 3. The summed E-state index contributed by atoms with van der Waals surface area (Å²) >= 11 is 1.38. The van der Waals surface area contributed by atoms with Crippen LogP contribution in [0, 0.1) is 5.92 Å².